The van der Waals surface area contributed by atoms with E-state index in [1.54, 1.807) is 0 Å². The van der Waals surface area contributed by atoms with Gasteiger partial charge in [0.2, 0.25) is 0 Å². The Balaban J connectivity index is 1.77. The van der Waals surface area contributed by atoms with Crippen molar-refractivity contribution in [2.24, 2.45) is 5.92 Å². The summed E-state index contributed by atoms with van der Waals surface area (Å²) in [6.45, 7) is 8.62. The molecule has 0 aromatic rings. The molecular weight excluding hydrogens is 230 g/mol. The van der Waals surface area contributed by atoms with E-state index in [4.69, 9.17) is 14.2 Å². The third-order valence-electron chi connectivity index (χ3n) is 4.59. The average molecular weight is 255 g/mol. The highest BCUT2D eigenvalue weighted by atomic mass is 16.6. The normalized spacial score (nSPS) is 41.3. The molecule has 3 aliphatic heterocycles. The molecule has 0 amide bonds. The molecular formula is C14H25NO3. The summed E-state index contributed by atoms with van der Waals surface area (Å²) in [5.74, 6) is 0.663. The van der Waals surface area contributed by atoms with Crippen LogP contribution in [0, 0.1) is 5.92 Å². The van der Waals surface area contributed by atoms with Gasteiger partial charge < -0.3 is 19.5 Å². The largest absolute Gasteiger partial charge is 0.381 e. The van der Waals surface area contributed by atoms with Crippen molar-refractivity contribution < 1.29 is 14.2 Å². The van der Waals surface area contributed by atoms with Crippen molar-refractivity contribution in [2.75, 3.05) is 33.0 Å². The van der Waals surface area contributed by atoms with Gasteiger partial charge in [0.25, 0.3) is 0 Å². The molecule has 0 aliphatic carbocycles. The number of ether oxygens (including phenoxy) is 3. The quantitative estimate of drug-likeness (QED) is 0.767. The zero-order valence-corrected chi connectivity index (χ0v) is 11.5. The predicted octanol–water partition coefficient (Wildman–Crippen LogP) is 1.34. The third-order valence-corrected chi connectivity index (χ3v) is 4.59. The Kier molecular flexibility index (Phi) is 3.39. The van der Waals surface area contributed by atoms with Gasteiger partial charge in [-0.15, -0.1) is 0 Å². The van der Waals surface area contributed by atoms with E-state index in [-0.39, 0.29) is 11.2 Å². The topological polar surface area (TPSA) is 39.7 Å². The lowest BCUT2D eigenvalue weighted by Crippen LogP contribution is -2.62. The molecule has 4 nitrogen and oxygen atoms in total. The molecule has 3 aliphatic rings. The summed E-state index contributed by atoms with van der Waals surface area (Å²) in [4.78, 5) is 0. The maximum absolute atomic E-state index is 6.20. The minimum atomic E-state index is -0.107. The van der Waals surface area contributed by atoms with Crippen molar-refractivity contribution >= 4 is 0 Å². The van der Waals surface area contributed by atoms with Gasteiger partial charge in [-0.05, 0) is 32.6 Å². The molecule has 0 aromatic heterocycles. The molecule has 1 spiro atoms. The molecule has 2 atom stereocenters. The zero-order chi connectivity index (χ0) is 12.6. The van der Waals surface area contributed by atoms with E-state index in [9.17, 15) is 0 Å². The van der Waals surface area contributed by atoms with Crippen LogP contribution in [0.25, 0.3) is 0 Å². The molecule has 104 valence electrons. The van der Waals surface area contributed by atoms with Crippen LogP contribution in [-0.2, 0) is 14.2 Å². The van der Waals surface area contributed by atoms with E-state index in [1.165, 1.54) is 0 Å². The summed E-state index contributed by atoms with van der Waals surface area (Å²) in [5, 5.41) is 3.70. The number of nitrogens with one attached hydrogen (secondary N) is 1. The Morgan fingerprint density at radius 2 is 1.83 bits per heavy atom. The lowest BCUT2D eigenvalue weighted by molar-refractivity contribution is -0.120. The predicted molar refractivity (Wildman–Crippen MR) is 68.7 cm³/mol. The lowest BCUT2D eigenvalue weighted by Gasteiger charge is -2.46. The molecule has 3 fully saturated rings. The number of hydrogen-bond donors (Lipinski definition) is 1. The average Bonchev–Trinajstić information content (AvgIpc) is 2.67. The molecule has 1 N–H and O–H groups in total. The van der Waals surface area contributed by atoms with Crippen molar-refractivity contribution in [2.45, 2.75) is 50.4 Å². The molecule has 3 heterocycles. The van der Waals surface area contributed by atoms with E-state index in [2.05, 4.69) is 19.2 Å². The molecule has 0 aromatic carbocycles. The highest BCUT2D eigenvalue weighted by Gasteiger charge is 2.53. The Morgan fingerprint density at radius 3 is 2.50 bits per heavy atom. The first-order valence-electron chi connectivity index (χ1n) is 7.20. The van der Waals surface area contributed by atoms with Crippen LogP contribution >= 0.6 is 0 Å². The molecule has 3 rings (SSSR count). The minimum absolute atomic E-state index is 0.0531. The van der Waals surface area contributed by atoms with Crippen LogP contribution in [0.5, 0.6) is 0 Å². The summed E-state index contributed by atoms with van der Waals surface area (Å²) in [5.41, 5.74) is -0.161. The fraction of sp³-hybridized carbons (Fsp3) is 1.00. The molecule has 0 radical (unpaired) electrons. The maximum atomic E-state index is 6.20. The second-order valence-electron chi connectivity index (χ2n) is 6.52. The van der Waals surface area contributed by atoms with Gasteiger partial charge in [0, 0.05) is 32.2 Å². The van der Waals surface area contributed by atoms with Gasteiger partial charge in [-0.25, -0.2) is 0 Å². The SMILES string of the molecule is CC1(C)CC2(CO1)OCCNC2C1CCOCC1. The first-order valence-corrected chi connectivity index (χ1v) is 7.20. The van der Waals surface area contributed by atoms with Crippen LogP contribution in [0.4, 0.5) is 0 Å². The van der Waals surface area contributed by atoms with Crippen molar-refractivity contribution in [3.05, 3.63) is 0 Å². The summed E-state index contributed by atoms with van der Waals surface area (Å²) in [6, 6.07) is 0.428. The molecule has 0 saturated carbocycles. The van der Waals surface area contributed by atoms with Crippen LogP contribution < -0.4 is 5.32 Å². The van der Waals surface area contributed by atoms with E-state index in [1.807, 2.05) is 0 Å². The highest BCUT2D eigenvalue weighted by Crippen LogP contribution is 2.42. The van der Waals surface area contributed by atoms with E-state index in [0.29, 0.717) is 12.0 Å². The van der Waals surface area contributed by atoms with Crippen LogP contribution in [0.3, 0.4) is 0 Å². The van der Waals surface area contributed by atoms with Crippen molar-refractivity contribution in [3.63, 3.8) is 0 Å². The fourth-order valence-electron chi connectivity index (χ4n) is 3.82. The second-order valence-corrected chi connectivity index (χ2v) is 6.52. The van der Waals surface area contributed by atoms with Crippen LogP contribution in [-0.4, -0.2) is 50.2 Å². The van der Waals surface area contributed by atoms with Gasteiger partial charge in [0.15, 0.2) is 0 Å². The summed E-state index contributed by atoms with van der Waals surface area (Å²) < 4.78 is 17.6. The Morgan fingerprint density at radius 1 is 1.06 bits per heavy atom. The van der Waals surface area contributed by atoms with Crippen molar-refractivity contribution in [1.29, 1.82) is 0 Å². The van der Waals surface area contributed by atoms with Gasteiger partial charge in [0.1, 0.15) is 5.60 Å². The first kappa shape index (κ1) is 12.9. The smallest absolute Gasteiger partial charge is 0.110 e. The van der Waals surface area contributed by atoms with Gasteiger partial charge in [-0.1, -0.05) is 0 Å². The van der Waals surface area contributed by atoms with Gasteiger partial charge in [-0.2, -0.15) is 0 Å². The van der Waals surface area contributed by atoms with Crippen LogP contribution in [0.2, 0.25) is 0 Å². The van der Waals surface area contributed by atoms with Crippen LogP contribution in [0.1, 0.15) is 33.1 Å². The Labute approximate surface area is 109 Å². The summed E-state index contributed by atoms with van der Waals surface area (Å²) in [6.07, 6.45) is 3.28. The van der Waals surface area contributed by atoms with Crippen LogP contribution in [0.15, 0.2) is 0 Å². The molecule has 0 bridgehead atoms. The summed E-state index contributed by atoms with van der Waals surface area (Å²) >= 11 is 0. The molecule has 4 heteroatoms. The minimum Gasteiger partial charge on any atom is -0.381 e. The maximum Gasteiger partial charge on any atom is 0.110 e. The van der Waals surface area contributed by atoms with Crippen molar-refractivity contribution in [3.8, 4) is 0 Å². The molecule has 18 heavy (non-hydrogen) atoms. The Hall–Kier alpha value is -0.160. The van der Waals surface area contributed by atoms with E-state index < -0.39 is 0 Å². The second kappa shape index (κ2) is 4.75. The first-order chi connectivity index (χ1) is 8.61. The highest BCUT2D eigenvalue weighted by molar-refractivity contribution is 5.06. The molecule has 2 unspecified atom stereocenters. The summed E-state index contributed by atoms with van der Waals surface area (Å²) in [7, 11) is 0. The number of hydrogen-bond acceptors (Lipinski definition) is 4. The Bertz CT molecular complexity index is 301. The zero-order valence-electron chi connectivity index (χ0n) is 11.5. The molecule has 3 saturated heterocycles. The number of rotatable bonds is 1. The van der Waals surface area contributed by atoms with Gasteiger partial charge >= 0.3 is 0 Å². The van der Waals surface area contributed by atoms with E-state index in [0.717, 1.165) is 52.2 Å². The fourth-order valence-corrected chi connectivity index (χ4v) is 3.82. The van der Waals surface area contributed by atoms with E-state index >= 15 is 0 Å². The third kappa shape index (κ3) is 2.31. The van der Waals surface area contributed by atoms with Crippen molar-refractivity contribution in [1.82, 2.24) is 5.32 Å². The standard InChI is InChI=1S/C14H25NO3/c1-13(2)9-14(10-18-13)12(15-5-8-17-14)11-3-6-16-7-4-11/h11-12,15H,3-10H2,1-2H3. The monoisotopic (exact) mass is 255 g/mol. The number of morpholine rings is 1. The lowest BCUT2D eigenvalue weighted by atomic mass is 9.76. The van der Waals surface area contributed by atoms with Gasteiger partial charge in [0.05, 0.1) is 18.8 Å². The van der Waals surface area contributed by atoms with Gasteiger partial charge in [-0.3, -0.25) is 0 Å².